The Hall–Kier alpha value is -2.69. The summed E-state index contributed by atoms with van der Waals surface area (Å²) < 4.78 is 0. The third-order valence-corrected chi connectivity index (χ3v) is 6.39. The maximum atomic E-state index is 13.1. The van der Waals surface area contributed by atoms with Gasteiger partial charge in [-0.15, -0.1) is 0 Å². The molecule has 1 saturated carbocycles. The summed E-state index contributed by atoms with van der Waals surface area (Å²) >= 11 is 0. The lowest BCUT2D eigenvalue weighted by atomic mass is 9.84. The molecule has 3 atom stereocenters. The molecule has 2 aromatic rings. The fourth-order valence-electron chi connectivity index (χ4n) is 5.12. The van der Waals surface area contributed by atoms with E-state index in [1.54, 1.807) is 6.07 Å². The molecule has 0 bridgehead atoms. The van der Waals surface area contributed by atoms with Crippen LogP contribution in [0.5, 0.6) is 0 Å². The first-order valence-corrected chi connectivity index (χ1v) is 9.84. The zero-order chi connectivity index (χ0) is 18.5. The van der Waals surface area contributed by atoms with Crippen LogP contribution in [0.2, 0.25) is 0 Å². The fourth-order valence-corrected chi connectivity index (χ4v) is 5.12. The molecule has 138 valence electrons. The number of pyridine rings is 1. The molecule has 5 rings (SSSR count). The van der Waals surface area contributed by atoms with E-state index in [1.807, 2.05) is 48.2 Å². The van der Waals surface area contributed by atoms with Crippen LogP contribution in [0.25, 0.3) is 11.1 Å². The lowest BCUT2D eigenvalue weighted by Crippen LogP contribution is -2.41. The lowest BCUT2D eigenvalue weighted by Gasteiger charge is -2.30. The predicted octanol–water partition coefficient (Wildman–Crippen LogP) is 4.16. The molecule has 1 aromatic carbocycles. The molecule has 0 spiro atoms. The quantitative estimate of drug-likeness (QED) is 0.755. The largest absolute Gasteiger partial charge is 0.333 e. The van der Waals surface area contributed by atoms with Crippen LogP contribution in [-0.2, 0) is 4.79 Å². The van der Waals surface area contributed by atoms with E-state index in [0.29, 0.717) is 11.7 Å². The van der Waals surface area contributed by atoms with Gasteiger partial charge < -0.3 is 4.90 Å². The molecule has 3 aliphatic rings. The minimum atomic E-state index is -0.290. The number of carbonyl (C=O) groups is 2. The molecule has 5 nitrogen and oxygen atoms in total. The summed E-state index contributed by atoms with van der Waals surface area (Å²) in [5.41, 5.74) is 2.92. The predicted molar refractivity (Wildman–Crippen MR) is 103 cm³/mol. The molecule has 3 unspecified atom stereocenters. The fraction of sp³-hybridized carbons (Fsp3) is 0.409. The van der Waals surface area contributed by atoms with Gasteiger partial charge in [-0.2, -0.15) is 0 Å². The van der Waals surface area contributed by atoms with Gasteiger partial charge in [-0.1, -0.05) is 43.2 Å². The maximum absolute atomic E-state index is 13.1. The summed E-state index contributed by atoms with van der Waals surface area (Å²) in [6.07, 6.45) is 5.34. The summed E-state index contributed by atoms with van der Waals surface area (Å²) in [6, 6.07) is 13.6. The monoisotopic (exact) mass is 361 g/mol. The highest BCUT2D eigenvalue weighted by atomic mass is 16.2. The number of urea groups is 1. The number of aromatic nitrogens is 1. The molecule has 1 aliphatic carbocycles. The molecule has 5 heteroatoms. The van der Waals surface area contributed by atoms with Crippen molar-refractivity contribution in [3.63, 3.8) is 0 Å². The van der Waals surface area contributed by atoms with Crippen molar-refractivity contribution >= 4 is 17.8 Å². The number of hydrogen-bond donors (Lipinski definition) is 0. The van der Waals surface area contributed by atoms with E-state index in [0.717, 1.165) is 42.5 Å². The first-order chi connectivity index (χ1) is 13.1. The van der Waals surface area contributed by atoms with Gasteiger partial charge in [0.15, 0.2) is 0 Å². The van der Waals surface area contributed by atoms with Crippen molar-refractivity contribution in [3.05, 3.63) is 48.2 Å². The average Bonchev–Trinajstić information content (AvgIpc) is 3.18. The SMILES string of the molecule is Cc1nc(N2C(=O)C3CC4CCCCC4N3C2=O)ccc1-c1ccccc1. The van der Waals surface area contributed by atoms with Crippen LogP contribution in [0.15, 0.2) is 42.5 Å². The van der Waals surface area contributed by atoms with Gasteiger partial charge in [0.1, 0.15) is 11.9 Å². The van der Waals surface area contributed by atoms with Gasteiger partial charge in [0, 0.05) is 17.3 Å². The molecule has 3 fully saturated rings. The van der Waals surface area contributed by atoms with Gasteiger partial charge >= 0.3 is 6.03 Å². The van der Waals surface area contributed by atoms with Gasteiger partial charge in [-0.05, 0) is 49.8 Å². The van der Waals surface area contributed by atoms with Crippen LogP contribution in [-0.4, -0.2) is 33.9 Å². The number of nitrogens with zero attached hydrogens (tertiary/aromatic N) is 3. The highest BCUT2D eigenvalue weighted by Gasteiger charge is 2.56. The topological polar surface area (TPSA) is 53.5 Å². The van der Waals surface area contributed by atoms with Crippen molar-refractivity contribution in [1.29, 1.82) is 0 Å². The summed E-state index contributed by atoms with van der Waals surface area (Å²) in [6.45, 7) is 1.93. The Kier molecular flexibility index (Phi) is 3.78. The number of hydrogen-bond acceptors (Lipinski definition) is 3. The Morgan fingerprint density at radius 1 is 1.00 bits per heavy atom. The number of imide groups is 1. The lowest BCUT2D eigenvalue weighted by molar-refractivity contribution is -0.119. The Balaban J connectivity index is 1.46. The van der Waals surface area contributed by atoms with Gasteiger partial charge in [0.25, 0.3) is 5.91 Å². The second kappa shape index (κ2) is 6.19. The molecule has 1 aromatic heterocycles. The molecule has 3 heterocycles. The Labute approximate surface area is 159 Å². The van der Waals surface area contributed by atoms with E-state index in [-0.39, 0.29) is 24.0 Å². The van der Waals surface area contributed by atoms with Crippen molar-refractivity contribution in [2.45, 2.75) is 51.1 Å². The van der Waals surface area contributed by atoms with Gasteiger partial charge in [-0.25, -0.2) is 14.7 Å². The second-order valence-corrected chi connectivity index (χ2v) is 7.90. The van der Waals surface area contributed by atoms with Crippen LogP contribution in [0.1, 0.15) is 37.8 Å². The molecular formula is C22H23N3O2. The number of carbonyl (C=O) groups excluding carboxylic acids is 2. The summed E-state index contributed by atoms with van der Waals surface area (Å²) in [5, 5.41) is 0. The molecule has 0 radical (unpaired) electrons. The van der Waals surface area contributed by atoms with E-state index in [4.69, 9.17) is 0 Å². The summed E-state index contributed by atoms with van der Waals surface area (Å²) in [5.74, 6) is 0.839. The standard InChI is InChI=1S/C22H23N3O2/c1-14-17(15-7-3-2-4-8-15)11-12-20(23-14)25-21(26)19-13-16-9-5-6-10-18(16)24(19)22(25)27/h2-4,7-8,11-12,16,18-19H,5-6,9-10,13H2,1H3. The molecular weight excluding hydrogens is 338 g/mol. The first kappa shape index (κ1) is 16.5. The Morgan fingerprint density at radius 3 is 2.56 bits per heavy atom. The second-order valence-electron chi connectivity index (χ2n) is 7.90. The number of rotatable bonds is 2. The zero-order valence-electron chi connectivity index (χ0n) is 15.5. The highest BCUT2D eigenvalue weighted by Crippen LogP contribution is 2.44. The van der Waals surface area contributed by atoms with Gasteiger partial charge in [0.2, 0.25) is 0 Å². The normalized spacial score (nSPS) is 27.1. The van der Waals surface area contributed by atoms with Crippen LogP contribution in [0.4, 0.5) is 10.6 Å². The van der Waals surface area contributed by atoms with Gasteiger partial charge in [0.05, 0.1) is 0 Å². The van der Waals surface area contributed by atoms with Crippen molar-refractivity contribution in [1.82, 2.24) is 9.88 Å². The molecule has 3 amide bonds. The van der Waals surface area contributed by atoms with Crippen LogP contribution in [0.3, 0.4) is 0 Å². The first-order valence-electron chi connectivity index (χ1n) is 9.84. The minimum absolute atomic E-state index is 0.103. The third kappa shape index (κ3) is 2.48. The Morgan fingerprint density at radius 2 is 1.78 bits per heavy atom. The van der Waals surface area contributed by atoms with Crippen LogP contribution >= 0.6 is 0 Å². The average molecular weight is 361 g/mol. The number of fused-ring (bicyclic) bond motifs is 3. The number of anilines is 1. The number of aryl methyl sites for hydroxylation is 1. The van der Waals surface area contributed by atoms with E-state index in [2.05, 4.69) is 4.98 Å². The number of benzene rings is 1. The molecule has 27 heavy (non-hydrogen) atoms. The minimum Gasteiger partial charge on any atom is -0.309 e. The van der Waals surface area contributed by atoms with Crippen molar-refractivity contribution in [2.75, 3.05) is 4.90 Å². The molecule has 0 N–H and O–H groups in total. The van der Waals surface area contributed by atoms with Gasteiger partial charge in [-0.3, -0.25) is 4.79 Å². The Bertz CT molecular complexity index is 911. The van der Waals surface area contributed by atoms with E-state index in [9.17, 15) is 9.59 Å². The highest BCUT2D eigenvalue weighted by molar-refractivity contribution is 6.21. The van der Waals surface area contributed by atoms with Crippen molar-refractivity contribution in [2.24, 2.45) is 5.92 Å². The van der Waals surface area contributed by atoms with Crippen LogP contribution in [0, 0.1) is 12.8 Å². The van der Waals surface area contributed by atoms with E-state index >= 15 is 0 Å². The molecule has 2 saturated heterocycles. The summed E-state index contributed by atoms with van der Waals surface area (Å²) in [4.78, 5) is 33.9. The van der Waals surface area contributed by atoms with Crippen molar-refractivity contribution < 1.29 is 9.59 Å². The zero-order valence-corrected chi connectivity index (χ0v) is 15.5. The number of amides is 3. The van der Waals surface area contributed by atoms with Crippen LogP contribution < -0.4 is 4.90 Å². The van der Waals surface area contributed by atoms with E-state index in [1.165, 1.54) is 11.3 Å². The van der Waals surface area contributed by atoms with Crippen molar-refractivity contribution in [3.8, 4) is 11.1 Å². The summed E-state index contributed by atoms with van der Waals surface area (Å²) in [7, 11) is 0. The molecule has 2 aliphatic heterocycles. The maximum Gasteiger partial charge on any atom is 0.333 e. The third-order valence-electron chi connectivity index (χ3n) is 6.39. The van der Waals surface area contributed by atoms with E-state index < -0.39 is 0 Å². The smallest absolute Gasteiger partial charge is 0.309 e.